The van der Waals surface area contributed by atoms with Crippen molar-refractivity contribution in [3.8, 4) is 11.3 Å². The maximum Gasteiger partial charge on any atom is 0.215 e. The number of fused-ring (bicyclic) bond motifs is 5. The van der Waals surface area contributed by atoms with Crippen LogP contribution in [0, 0.1) is 13.8 Å². The molecule has 1 aliphatic carbocycles. The number of aryl methyl sites for hydroxylation is 2. The molecule has 0 spiro atoms. The summed E-state index contributed by atoms with van der Waals surface area (Å²) < 4.78 is 5.97. The highest BCUT2D eigenvalue weighted by Gasteiger charge is 2.22. The molecule has 2 aliphatic rings. The number of rotatable bonds is 0. The van der Waals surface area contributed by atoms with Gasteiger partial charge in [0.2, 0.25) is 11.2 Å². The zero-order valence-electron chi connectivity index (χ0n) is 10.9. The molecule has 92 valence electrons. The van der Waals surface area contributed by atoms with E-state index in [1.807, 2.05) is 13.0 Å². The Kier molecular flexibility index (Phi) is 1.99. The molecule has 0 fully saturated rings. The van der Waals surface area contributed by atoms with Gasteiger partial charge in [-0.15, -0.1) is 0 Å². The number of H-pyrrole nitrogens is 1. The molecule has 19 heavy (non-hydrogen) atoms. The van der Waals surface area contributed by atoms with Gasteiger partial charge in [-0.05, 0) is 31.5 Å². The molecule has 2 heteroatoms. The fraction of sp³-hybridized carbons (Fsp3) is 0.118. The van der Waals surface area contributed by atoms with Gasteiger partial charge in [-0.3, -0.25) is 0 Å². The van der Waals surface area contributed by atoms with Crippen molar-refractivity contribution in [1.29, 1.82) is 0 Å². The van der Waals surface area contributed by atoms with Crippen molar-refractivity contribution in [3.05, 3.63) is 53.8 Å². The Morgan fingerprint density at radius 1 is 0.947 bits per heavy atom. The summed E-state index contributed by atoms with van der Waals surface area (Å²) in [5, 5.41) is 2.41. The SMILES string of the molecule is Cc1cc2c(C)ccc3[nH+]c4ccccc4c-3c2o1. The van der Waals surface area contributed by atoms with E-state index in [0.717, 1.165) is 22.6 Å². The van der Waals surface area contributed by atoms with Crippen molar-refractivity contribution in [2.45, 2.75) is 13.8 Å². The molecule has 2 heterocycles. The van der Waals surface area contributed by atoms with Crippen LogP contribution in [0.1, 0.15) is 11.3 Å². The van der Waals surface area contributed by atoms with Crippen LogP contribution >= 0.6 is 0 Å². The molecule has 1 aromatic heterocycles. The number of aromatic amines is 1. The predicted octanol–water partition coefficient (Wildman–Crippen LogP) is 4.12. The maximum absolute atomic E-state index is 5.97. The summed E-state index contributed by atoms with van der Waals surface area (Å²) in [6.45, 7) is 4.12. The molecular formula is C17H14NO+. The van der Waals surface area contributed by atoms with Gasteiger partial charge in [0.1, 0.15) is 16.9 Å². The zero-order chi connectivity index (χ0) is 13.0. The second-order valence-corrected chi connectivity index (χ2v) is 5.08. The molecule has 0 amide bonds. The minimum absolute atomic E-state index is 0.955. The normalized spacial score (nSPS) is 11.7. The van der Waals surface area contributed by atoms with Crippen molar-refractivity contribution in [2.24, 2.45) is 0 Å². The number of aromatic nitrogens is 1. The van der Waals surface area contributed by atoms with E-state index in [2.05, 4.69) is 48.3 Å². The Morgan fingerprint density at radius 2 is 1.79 bits per heavy atom. The molecule has 2 nitrogen and oxygen atoms in total. The predicted molar refractivity (Wildman–Crippen MR) is 76.4 cm³/mol. The van der Waals surface area contributed by atoms with Crippen LogP contribution in [0.15, 0.2) is 46.9 Å². The summed E-state index contributed by atoms with van der Waals surface area (Å²) in [5.74, 6) is 0.955. The zero-order valence-corrected chi connectivity index (χ0v) is 10.9. The van der Waals surface area contributed by atoms with Gasteiger partial charge in [0.15, 0.2) is 0 Å². The lowest BCUT2D eigenvalue weighted by atomic mass is 10.1. The Labute approximate surface area is 111 Å². The third kappa shape index (κ3) is 1.40. The standard InChI is InChI=1S/C17H13NO/c1-10-7-8-15-16(17-13(10)9-11(2)19-17)12-5-3-4-6-14(12)18-15/h3-9H,1-2H3/p+1. The molecule has 0 radical (unpaired) electrons. The first-order chi connectivity index (χ1) is 9.24. The summed E-state index contributed by atoms with van der Waals surface area (Å²) in [7, 11) is 0. The average molecular weight is 248 g/mol. The van der Waals surface area contributed by atoms with Gasteiger partial charge in [0, 0.05) is 17.5 Å². The molecule has 0 saturated heterocycles. The van der Waals surface area contributed by atoms with Gasteiger partial charge in [0.25, 0.3) is 0 Å². The number of benzene rings is 1. The van der Waals surface area contributed by atoms with E-state index >= 15 is 0 Å². The van der Waals surface area contributed by atoms with Crippen LogP contribution in [-0.2, 0) is 0 Å². The number of nitrogens with one attached hydrogen (secondary N) is 1. The highest BCUT2D eigenvalue weighted by Crippen LogP contribution is 2.36. The van der Waals surface area contributed by atoms with Crippen molar-refractivity contribution in [3.63, 3.8) is 0 Å². The number of furan rings is 1. The van der Waals surface area contributed by atoms with Crippen LogP contribution in [0.2, 0.25) is 0 Å². The van der Waals surface area contributed by atoms with Gasteiger partial charge in [-0.2, -0.15) is 0 Å². The summed E-state index contributed by atoms with van der Waals surface area (Å²) >= 11 is 0. The Morgan fingerprint density at radius 3 is 2.68 bits per heavy atom. The minimum atomic E-state index is 0.955. The lowest BCUT2D eigenvalue weighted by Crippen LogP contribution is -1.98. The second kappa shape index (κ2) is 3.58. The van der Waals surface area contributed by atoms with Crippen molar-refractivity contribution < 1.29 is 9.40 Å². The first-order valence-corrected chi connectivity index (χ1v) is 6.47. The monoisotopic (exact) mass is 248 g/mol. The van der Waals surface area contributed by atoms with E-state index in [0.29, 0.717) is 0 Å². The molecule has 0 saturated carbocycles. The quantitative estimate of drug-likeness (QED) is 0.460. The first-order valence-electron chi connectivity index (χ1n) is 6.47. The van der Waals surface area contributed by atoms with Gasteiger partial charge >= 0.3 is 0 Å². The smallest absolute Gasteiger partial charge is 0.215 e. The number of para-hydroxylation sites is 1. The lowest BCUT2D eigenvalue weighted by Gasteiger charge is -1.90. The van der Waals surface area contributed by atoms with Crippen LogP contribution in [0.4, 0.5) is 0 Å². The van der Waals surface area contributed by atoms with Crippen LogP contribution in [0.5, 0.6) is 0 Å². The topological polar surface area (TPSA) is 27.3 Å². The number of hydrogen-bond donors (Lipinski definition) is 0. The molecule has 4 rings (SSSR count). The van der Waals surface area contributed by atoms with Crippen LogP contribution < -0.4 is 4.98 Å². The van der Waals surface area contributed by atoms with Crippen LogP contribution in [0.25, 0.3) is 33.1 Å². The lowest BCUT2D eigenvalue weighted by molar-refractivity contribution is -0.327. The van der Waals surface area contributed by atoms with Crippen LogP contribution in [0.3, 0.4) is 0 Å². The van der Waals surface area contributed by atoms with E-state index in [9.17, 15) is 0 Å². The molecule has 0 bridgehead atoms. The third-order valence-corrected chi connectivity index (χ3v) is 3.74. The van der Waals surface area contributed by atoms with Crippen molar-refractivity contribution in [1.82, 2.24) is 0 Å². The Balaban J connectivity index is 2.34. The molecular weight excluding hydrogens is 234 g/mol. The summed E-state index contributed by atoms with van der Waals surface area (Å²) in [5.41, 5.74) is 5.66. The second-order valence-electron chi connectivity index (χ2n) is 5.08. The van der Waals surface area contributed by atoms with Gasteiger partial charge in [0.05, 0.1) is 5.39 Å². The van der Waals surface area contributed by atoms with E-state index in [1.54, 1.807) is 0 Å². The third-order valence-electron chi connectivity index (χ3n) is 3.74. The largest absolute Gasteiger partial charge is 0.460 e. The summed E-state index contributed by atoms with van der Waals surface area (Å²) in [6.07, 6.45) is 0. The highest BCUT2D eigenvalue weighted by molar-refractivity contribution is 6.05. The Hall–Kier alpha value is -2.35. The highest BCUT2D eigenvalue weighted by atomic mass is 16.3. The molecule has 1 N–H and O–H groups in total. The molecule has 2 aromatic rings. The van der Waals surface area contributed by atoms with Crippen molar-refractivity contribution >= 4 is 21.9 Å². The maximum atomic E-state index is 5.97. The fourth-order valence-corrected chi connectivity index (χ4v) is 2.82. The molecule has 1 aliphatic heterocycles. The van der Waals surface area contributed by atoms with Gasteiger partial charge in [-0.25, -0.2) is 4.98 Å². The first kappa shape index (κ1) is 10.6. The average Bonchev–Trinajstić information content (AvgIpc) is 2.92. The van der Waals surface area contributed by atoms with Gasteiger partial charge in [-0.1, -0.05) is 18.2 Å². The molecule has 0 atom stereocenters. The minimum Gasteiger partial charge on any atom is -0.460 e. The van der Waals surface area contributed by atoms with E-state index < -0.39 is 0 Å². The van der Waals surface area contributed by atoms with E-state index in [-0.39, 0.29) is 0 Å². The summed E-state index contributed by atoms with van der Waals surface area (Å²) in [6, 6.07) is 14.8. The summed E-state index contributed by atoms with van der Waals surface area (Å²) in [4.78, 5) is 3.47. The molecule has 1 aromatic carbocycles. The Bertz CT molecular complexity index is 889. The van der Waals surface area contributed by atoms with E-state index in [1.165, 1.54) is 21.9 Å². The van der Waals surface area contributed by atoms with Crippen molar-refractivity contribution in [2.75, 3.05) is 0 Å². The number of hydrogen-bond acceptors (Lipinski definition) is 1. The fourth-order valence-electron chi connectivity index (χ4n) is 2.82. The molecule has 0 unspecified atom stereocenters. The van der Waals surface area contributed by atoms with E-state index in [4.69, 9.17) is 4.42 Å². The van der Waals surface area contributed by atoms with Gasteiger partial charge < -0.3 is 4.42 Å². The van der Waals surface area contributed by atoms with Crippen LogP contribution in [-0.4, -0.2) is 0 Å².